The highest BCUT2D eigenvalue weighted by molar-refractivity contribution is 5.98. The summed E-state index contributed by atoms with van der Waals surface area (Å²) in [6, 6.07) is 4.69. The van der Waals surface area contributed by atoms with Crippen molar-refractivity contribution < 1.29 is 23.9 Å². The SMILES string of the molecule is CCOC(=O)C(C)NC(=O)c1ccc(NC(=O)C(N)COC)cc1. The third kappa shape index (κ3) is 5.98. The van der Waals surface area contributed by atoms with Crippen LogP contribution in [0.25, 0.3) is 0 Å². The fourth-order valence-electron chi connectivity index (χ4n) is 1.80. The first-order chi connectivity index (χ1) is 11.4. The summed E-state index contributed by atoms with van der Waals surface area (Å²) in [7, 11) is 1.46. The molecule has 24 heavy (non-hydrogen) atoms. The topological polar surface area (TPSA) is 120 Å². The molecule has 2 amide bonds. The molecule has 8 nitrogen and oxygen atoms in total. The van der Waals surface area contributed by atoms with E-state index in [4.69, 9.17) is 15.2 Å². The normalized spacial score (nSPS) is 12.8. The molecule has 1 aromatic carbocycles. The molecule has 132 valence electrons. The van der Waals surface area contributed by atoms with Gasteiger partial charge in [-0.25, -0.2) is 4.79 Å². The number of carbonyl (C=O) groups excluding carboxylic acids is 3. The second-order valence-electron chi connectivity index (χ2n) is 5.08. The van der Waals surface area contributed by atoms with E-state index in [1.54, 1.807) is 26.0 Å². The Morgan fingerprint density at radius 1 is 1.21 bits per heavy atom. The zero-order valence-electron chi connectivity index (χ0n) is 14.0. The number of hydrogen-bond acceptors (Lipinski definition) is 6. The van der Waals surface area contributed by atoms with Crippen molar-refractivity contribution in [3.8, 4) is 0 Å². The van der Waals surface area contributed by atoms with Gasteiger partial charge in [0.25, 0.3) is 5.91 Å². The zero-order chi connectivity index (χ0) is 18.1. The summed E-state index contributed by atoms with van der Waals surface area (Å²) in [6.07, 6.45) is 0. The van der Waals surface area contributed by atoms with E-state index in [2.05, 4.69) is 10.6 Å². The second-order valence-corrected chi connectivity index (χ2v) is 5.08. The van der Waals surface area contributed by atoms with Crippen molar-refractivity contribution in [1.82, 2.24) is 5.32 Å². The van der Waals surface area contributed by atoms with Crippen molar-refractivity contribution in [2.75, 3.05) is 25.6 Å². The molecule has 0 spiro atoms. The summed E-state index contributed by atoms with van der Waals surface area (Å²) in [6.45, 7) is 3.59. The lowest BCUT2D eigenvalue weighted by atomic mass is 10.1. The van der Waals surface area contributed by atoms with Gasteiger partial charge >= 0.3 is 5.97 Å². The van der Waals surface area contributed by atoms with E-state index in [0.29, 0.717) is 11.3 Å². The predicted molar refractivity (Wildman–Crippen MR) is 88.5 cm³/mol. The van der Waals surface area contributed by atoms with Gasteiger partial charge in [0.15, 0.2) is 0 Å². The van der Waals surface area contributed by atoms with Crippen LogP contribution in [0.5, 0.6) is 0 Å². The minimum atomic E-state index is -0.775. The highest BCUT2D eigenvalue weighted by Crippen LogP contribution is 2.10. The number of amides is 2. The van der Waals surface area contributed by atoms with Gasteiger partial charge in [-0.3, -0.25) is 9.59 Å². The number of hydrogen-bond donors (Lipinski definition) is 3. The molecule has 1 aromatic rings. The number of anilines is 1. The third-order valence-corrected chi connectivity index (χ3v) is 3.09. The molecule has 0 fully saturated rings. The van der Waals surface area contributed by atoms with Crippen LogP contribution in [0.15, 0.2) is 24.3 Å². The highest BCUT2D eigenvalue weighted by atomic mass is 16.5. The van der Waals surface area contributed by atoms with Crippen LogP contribution >= 0.6 is 0 Å². The van der Waals surface area contributed by atoms with Crippen LogP contribution in [0.2, 0.25) is 0 Å². The summed E-state index contributed by atoms with van der Waals surface area (Å²) < 4.78 is 9.63. The quantitative estimate of drug-likeness (QED) is 0.586. The number of benzene rings is 1. The van der Waals surface area contributed by atoms with Crippen LogP contribution in [-0.4, -0.2) is 50.2 Å². The van der Waals surface area contributed by atoms with E-state index in [-0.39, 0.29) is 19.1 Å². The van der Waals surface area contributed by atoms with Gasteiger partial charge in [0.2, 0.25) is 5.91 Å². The Hall–Kier alpha value is -2.45. The summed E-state index contributed by atoms with van der Waals surface area (Å²) in [5.74, 6) is -1.30. The van der Waals surface area contributed by atoms with Crippen molar-refractivity contribution >= 4 is 23.5 Å². The lowest BCUT2D eigenvalue weighted by Gasteiger charge is -2.13. The fraction of sp³-hybridized carbons (Fsp3) is 0.438. The standard InChI is InChI=1S/C16H23N3O5/c1-4-24-16(22)10(2)18-14(20)11-5-7-12(8-6-11)19-15(21)13(17)9-23-3/h5-8,10,13H,4,9,17H2,1-3H3,(H,18,20)(H,19,21). The van der Waals surface area contributed by atoms with Gasteiger partial charge in [-0.2, -0.15) is 0 Å². The zero-order valence-corrected chi connectivity index (χ0v) is 14.0. The van der Waals surface area contributed by atoms with Gasteiger partial charge in [0.05, 0.1) is 13.2 Å². The van der Waals surface area contributed by atoms with Gasteiger partial charge in [-0.1, -0.05) is 0 Å². The molecule has 0 aliphatic carbocycles. The molecule has 8 heteroatoms. The fourth-order valence-corrected chi connectivity index (χ4v) is 1.80. The number of nitrogens with two attached hydrogens (primary N) is 1. The average molecular weight is 337 g/mol. The van der Waals surface area contributed by atoms with E-state index >= 15 is 0 Å². The molecule has 1 rings (SSSR count). The van der Waals surface area contributed by atoms with Crippen molar-refractivity contribution in [2.24, 2.45) is 5.73 Å². The average Bonchev–Trinajstić information content (AvgIpc) is 2.55. The number of esters is 1. The van der Waals surface area contributed by atoms with Crippen LogP contribution in [0.1, 0.15) is 24.2 Å². The number of ether oxygens (including phenoxy) is 2. The molecule has 0 saturated carbocycles. The lowest BCUT2D eigenvalue weighted by Crippen LogP contribution is -2.39. The van der Waals surface area contributed by atoms with Crippen molar-refractivity contribution in [3.63, 3.8) is 0 Å². The van der Waals surface area contributed by atoms with Gasteiger partial charge in [-0.05, 0) is 38.1 Å². The van der Waals surface area contributed by atoms with E-state index in [1.165, 1.54) is 19.2 Å². The molecule has 0 radical (unpaired) electrons. The third-order valence-electron chi connectivity index (χ3n) is 3.09. The Morgan fingerprint density at radius 3 is 2.38 bits per heavy atom. The summed E-state index contributed by atoms with van der Waals surface area (Å²) in [4.78, 5) is 35.3. The van der Waals surface area contributed by atoms with Gasteiger partial charge in [0, 0.05) is 18.4 Å². The first kappa shape index (κ1) is 19.6. The maximum Gasteiger partial charge on any atom is 0.328 e. The van der Waals surface area contributed by atoms with E-state index in [0.717, 1.165) is 0 Å². The van der Waals surface area contributed by atoms with Crippen LogP contribution in [0.3, 0.4) is 0 Å². The minimum Gasteiger partial charge on any atom is -0.464 e. The largest absolute Gasteiger partial charge is 0.464 e. The lowest BCUT2D eigenvalue weighted by molar-refractivity contribution is -0.144. The van der Waals surface area contributed by atoms with E-state index < -0.39 is 24.0 Å². The molecule has 0 heterocycles. The van der Waals surface area contributed by atoms with Crippen LogP contribution in [0.4, 0.5) is 5.69 Å². The number of methoxy groups -OCH3 is 1. The monoisotopic (exact) mass is 337 g/mol. The van der Waals surface area contributed by atoms with Crippen molar-refractivity contribution in [3.05, 3.63) is 29.8 Å². The maximum absolute atomic E-state index is 12.0. The Morgan fingerprint density at radius 2 is 1.83 bits per heavy atom. The Labute approximate surface area is 140 Å². The smallest absolute Gasteiger partial charge is 0.328 e. The second kappa shape index (κ2) is 9.64. The van der Waals surface area contributed by atoms with E-state index in [1.807, 2.05) is 0 Å². The number of carbonyl (C=O) groups is 3. The van der Waals surface area contributed by atoms with Gasteiger partial charge in [0.1, 0.15) is 12.1 Å². The summed E-state index contributed by atoms with van der Waals surface area (Å²) in [5.41, 5.74) is 6.47. The van der Waals surface area contributed by atoms with Crippen LogP contribution < -0.4 is 16.4 Å². The van der Waals surface area contributed by atoms with Gasteiger partial charge in [-0.15, -0.1) is 0 Å². The highest BCUT2D eigenvalue weighted by Gasteiger charge is 2.18. The molecule has 4 N–H and O–H groups in total. The molecule has 2 atom stereocenters. The van der Waals surface area contributed by atoms with Crippen LogP contribution in [0, 0.1) is 0 Å². The van der Waals surface area contributed by atoms with Gasteiger partial charge < -0.3 is 25.8 Å². The first-order valence-electron chi connectivity index (χ1n) is 7.52. The molecule has 2 unspecified atom stereocenters. The molecule has 0 aliphatic rings. The molecular formula is C16H23N3O5. The molecule has 0 saturated heterocycles. The van der Waals surface area contributed by atoms with Crippen LogP contribution in [-0.2, 0) is 19.1 Å². The summed E-state index contributed by atoms with van der Waals surface area (Å²) >= 11 is 0. The number of rotatable bonds is 8. The van der Waals surface area contributed by atoms with Crippen molar-refractivity contribution in [1.29, 1.82) is 0 Å². The Bertz CT molecular complexity index is 574. The van der Waals surface area contributed by atoms with E-state index in [9.17, 15) is 14.4 Å². The Balaban J connectivity index is 2.62. The first-order valence-corrected chi connectivity index (χ1v) is 7.52. The number of nitrogens with one attached hydrogen (secondary N) is 2. The molecule has 0 aliphatic heterocycles. The Kier molecular flexibility index (Phi) is 7.87. The summed E-state index contributed by atoms with van der Waals surface area (Å²) in [5, 5.41) is 5.16. The predicted octanol–water partition coefficient (Wildman–Crippen LogP) is 0.280. The molecule has 0 aromatic heterocycles. The maximum atomic E-state index is 12.0. The minimum absolute atomic E-state index is 0.109. The van der Waals surface area contributed by atoms with Crippen molar-refractivity contribution in [2.45, 2.75) is 25.9 Å². The molecule has 0 bridgehead atoms. The molecular weight excluding hydrogens is 314 g/mol.